The van der Waals surface area contributed by atoms with E-state index in [1.165, 1.54) is 24.6 Å². The molecule has 0 spiro atoms. The van der Waals surface area contributed by atoms with E-state index in [4.69, 9.17) is 4.74 Å². The van der Waals surface area contributed by atoms with Gasteiger partial charge in [0.05, 0.1) is 12.2 Å². The van der Waals surface area contributed by atoms with Crippen molar-refractivity contribution < 1.29 is 18.7 Å². The Kier molecular flexibility index (Phi) is 5.20. The Labute approximate surface area is 163 Å². The summed E-state index contributed by atoms with van der Waals surface area (Å²) >= 11 is 0. The van der Waals surface area contributed by atoms with Crippen LogP contribution in [-0.4, -0.2) is 18.4 Å². The number of benzene rings is 2. The Morgan fingerprint density at radius 2 is 1.82 bits per heavy atom. The first kappa shape index (κ1) is 18.4. The van der Waals surface area contributed by atoms with Crippen molar-refractivity contribution >= 4 is 17.8 Å². The summed E-state index contributed by atoms with van der Waals surface area (Å²) in [5, 5.41) is 0. The van der Waals surface area contributed by atoms with Crippen molar-refractivity contribution in [2.24, 2.45) is 17.8 Å². The van der Waals surface area contributed by atoms with Gasteiger partial charge in [0.2, 0.25) is 0 Å². The minimum atomic E-state index is -0.399. The highest BCUT2D eigenvalue weighted by Gasteiger charge is 2.36. The number of rotatable bonds is 6. The number of halogens is 1. The third kappa shape index (κ3) is 4.11. The zero-order chi connectivity index (χ0) is 19.5. The van der Waals surface area contributed by atoms with Gasteiger partial charge in [0, 0.05) is 5.56 Å². The summed E-state index contributed by atoms with van der Waals surface area (Å²) in [6.45, 7) is 0.424. The first-order chi connectivity index (χ1) is 13.6. The molecule has 0 amide bonds. The fraction of sp³-hybridized carbons (Fsp3) is 0.250. The Morgan fingerprint density at radius 1 is 1.04 bits per heavy atom. The van der Waals surface area contributed by atoms with Crippen LogP contribution in [-0.2, 0) is 4.74 Å². The van der Waals surface area contributed by atoms with Crippen LogP contribution in [0, 0.1) is 23.6 Å². The Hall–Kier alpha value is -3.01. The zero-order valence-electron chi connectivity index (χ0n) is 15.4. The Bertz CT molecular complexity index is 943. The van der Waals surface area contributed by atoms with Gasteiger partial charge in [-0.05, 0) is 66.5 Å². The molecule has 2 aliphatic rings. The summed E-state index contributed by atoms with van der Waals surface area (Å²) in [4.78, 5) is 24.8. The van der Waals surface area contributed by atoms with E-state index in [0.29, 0.717) is 35.5 Å². The molecule has 0 N–H and O–H groups in total. The predicted octanol–water partition coefficient (Wildman–Crippen LogP) is 5.09. The third-order valence-corrected chi connectivity index (χ3v) is 5.52. The lowest BCUT2D eigenvalue weighted by atomic mass is 9.94. The van der Waals surface area contributed by atoms with Crippen LogP contribution in [0.5, 0.6) is 0 Å². The number of carbonyl (C=O) groups is 2. The van der Waals surface area contributed by atoms with Gasteiger partial charge in [0.25, 0.3) is 0 Å². The second-order valence-electron chi connectivity index (χ2n) is 7.47. The summed E-state index contributed by atoms with van der Waals surface area (Å²) in [6.07, 6.45) is 9.79. The molecule has 1 saturated carbocycles. The average Bonchev–Trinajstić information content (AvgIpc) is 3.35. The summed E-state index contributed by atoms with van der Waals surface area (Å²) in [5.41, 5.74) is 1.51. The topological polar surface area (TPSA) is 43.4 Å². The number of esters is 1. The lowest BCUT2D eigenvalue weighted by Gasteiger charge is -2.17. The van der Waals surface area contributed by atoms with Crippen molar-refractivity contribution in [2.45, 2.75) is 12.8 Å². The summed E-state index contributed by atoms with van der Waals surface area (Å²) in [7, 11) is 0. The van der Waals surface area contributed by atoms with Crippen LogP contribution >= 0.6 is 0 Å². The van der Waals surface area contributed by atoms with Crippen molar-refractivity contribution in [2.75, 3.05) is 6.61 Å². The molecule has 3 atom stereocenters. The van der Waals surface area contributed by atoms with Gasteiger partial charge in [-0.2, -0.15) is 0 Å². The van der Waals surface area contributed by atoms with Crippen LogP contribution in [0.15, 0.2) is 66.8 Å². The lowest BCUT2D eigenvalue weighted by molar-refractivity contribution is 0.0420. The first-order valence-corrected chi connectivity index (χ1v) is 9.52. The van der Waals surface area contributed by atoms with Crippen molar-refractivity contribution in [3.8, 4) is 0 Å². The number of ether oxygens (including phenoxy) is 1. The smallest absolute Gasteiger partial charge is 0.338 e. The molecule has 3 nitrogen and oxygen atoms in total. The van der Waals surface area contributed by atoms with Gasteiger partial charge in [-0.1, -0.05) is 42.5 Å². The van der Waals surface area contributed by atoms with Gasteiger partial charge in [0.15, 0.2) is 5.78 Å². The van der Waals surface area contributed by atoms with Crippen LogP contribution in [0.3, 0.4) is 0 Å². The van der Waals surface area contributed by atoms with E-state index in [0.717, 1.165) is 12.0 Å². The molecule has 2 aliphatic carbocycles. The molecule has 0 saturated heterocycles. The van der Waals surface area contributed by atoms with Crippen LogP contribution < -0.4 is 0 Å². The minimum absolute atomic E-state index is 0.225. The van der Waals surface area contributed by atoms with Gasteiger partial charge in [-0.25, -0.2) is 9.18 Å². The van der Waals surface area contributed by atoms with Crippen LogP contribution in [0.2, 0.25) is 0 Å². The summed E-state index contributed by atoms with van der Waals surface area (Å²) in [5.74, 6) is 0.629. The number of hydrogen-bond donors (Lipinski definition) is 0. The molecule has 2 aromatic carbocycles. The van der Waals surface area contributed by atoms with E-state index in [-0.39, 0.29) is 11.6 Å². The van der Waals surface area contributed by atoms with Crippen LogP contribution in [0.25, 0.3) is 6.08 Å². The Morgan fingerprint density at radius 3 is 2.54 bits per heavy atom. The number of hydrogen-bond acceptors (Lipinski definition) is 3. The maximum Gasteiger partial charge on any atom is 0.338 e. The molecule has 4 rings (SSSR count). The predicted molar refractivity (Wildman–Crippen MR) is 105 cm³/mol. The molecule has 3 unspecified atom stereocenters. The zero-order valence-corrected chi connectivity index (χ0v) is 15.4. The van der Waals surface area contributed by atoms with Gasteiger partial charge < -0.3 is 4.74 Å². The average molecular weight is 376 g/mol. The highest BCUT2D eigenvalue weighted by molar-refractivity contribution is 6.07. The molecule has 2 aromatic rings. The highest BCUT2D eigenvalue weighted by atomic mass is 19.1. The van der Waals surface area contributed by atoms with Gasteiger partial charge in [0.1, 0.15) is 5.82 Å². The molecule has 0 aromatic heterocycles. The molecule has 2 bridgehead atoms. The molecule has 1 fully saturated rings. The SMILES string of the molecule is O=C(/C=C/c1ccc(F)cc1)c1cccc(C(=O)OCC2CC3C=CC2C3)c1. The molecule has 28 heavy (non-hydrogen) atoms. The minimum Gasteiger partial charge on any atom is -0.462 e. The largest absolute Gasteiger partial charge is 0.462 e. The quantitative estimate of drug-likeness (QED) is 0.305. The monoisotopic (exact) mass is 376 g/mol. The lowest BCUT2D eigenvalue weighted by Crippen LogP contribution is -2.18. The van der Waals surface area contributed by atoms with E-state index in [1.807, 2.05) is 0 Å². The molecule has 142 valence electrons. The summed E-state index contributed by atoms with van der Waals surface area (Å²) < 4.78 is 18.4. The number of allylic oxidation sites excluding steroid dienone is 3. The normalized spacial score (nSPS) is 22.7. The molecule has 4 heteroatoms. The number of carbonyl (C=O) groups excluding carboxylic acids is 2. The van der Waals surface area contributed by atoms with Gasteiger partial charge in [-0.3, -0.25) is 4.79 Å². The standard InChI is InChI=1S/C24H21FO3/c25-22-9-5-16(6-10-22)7-11-23(26)19-2-1-3-20(14-19)24(27)28-15-21-13-17-4-8-18(21)12-17/h1-11,14,17-18,21H,12-13,15H2/b11-7+. The maximum atomic E-state index is 12.9. The molecular formula is C24H21FO3. The summed E-state index contributed by atoms with van der Waals surface area (Å²) in [6, 6.07) is 12.4. The van der Waals surface area contributed by atoms with Gasteiger partial charge in [-0.15, -0.1) is 0 Å². The van der Waals surface area contributed by atoms with Crippen LogP contribution in [0.1, 0.15) is 39.1 Å². The second-order valence-corrected chi connectivity index (χ2v) is 7.47. The Balaban J connectivity index is 1.37. The van der Waals surface area contributed by atoms with Crippen molar-refractivity contribution in [1.29, 1.82) is 0 Å². The number of ketones is 1. The van der Waals surface area contributed by atoms with Crippen LogP contribution in [0.4, 0.5) is 4.39 Å². The van der Waals surface area contributed by atoms with E-state index in [2.05, 4.69) is 12.2 Å². The van der Waals surface area contributed by atoms with Crippen molar-refractivity contribution in [3.05, 3.63) is 89.3 Å². The van der Waals surface area contributed by atoms with E-state index < -0.39 is 5.97 Å². The molecule has 0 aliphatic heterocycles. The number of fused-ring (bicyclic) bond motifs is 2. The highest BCUT2D eigenvalue weighted by Crippen LogP contribution is 2.43. The molecule has 0 radical (unpaired) electrons. The molecule has 0 heterocycles. The van der Waals surface area contributed by atoms with E-state index in [9.17, 15) is 14.0 Å². The maximum absolute atomic E-state index is 12.9. The fourth-order valence-corrected chi connectivity index (χ4v) is 3.99. The fourth-order valence-electron chi connectivity index (χ4n) is 3.99. The van der Waals surface area contributed by atoms with Gasteiger partial charge >= 0.3 is 5.97 Å². The second kappa shape index (κ2) is 7.93. The third-order valence-electron chi connectivity index (χ3n) is 5.52. The van der Waals surface area contributed by atoms with E-state index in [1.54, 1.807) is 42.5 Å². The first-order valence-electron chi connectivity index (χ1n) is 9.52. The van der Waals surface area contributed by atoms with E-state index >= 15 is 0 Å². The molecular weight excluding hydrogens is 355 g/mol. The van der Waals surface area contributed by atoms with Crippen molar-refractivity contribution in [3.63, 3.8) is 0 Å². The van der Waals surface area contributed by atoms with Crippen molar-refractivity contribution in [1.82, 2.24) is 0 Å².